The van der Waals surface area contributed by atoms with Gasteiger partial charge in [-0.1, -0.05) is 24.3 Å². The molecule has 0 fully saturated rings. The van der Waals surface area contributed by atoms with Gasteiger partial charge in [-0.15, -0.1) is 0 Å². The molecular formula is C18H20O2. The van der Waals surface area contributed by atoms with Crippen LogP contribution in [0.1, 0.15) is 42.6 Å². The number of hydrogen-bond donors (Lipinski definition) is 1. The highest BCUT2D eigenvalue weighted by Crippen LogP contribution is 2.32. The molecule has 0 radical (unpaired) electrons. The van der Waals surface area contributed by atoms with Crippen LogP contribution in [0.2, 0.25) is 0 Å². The monoisotopic (exact) mass is 268 g/mol. The first-order valence-electron chi connectivity index (χ1n) is 7.30. The number of hydrogen-bond acceptors (Lipinski definition) is 2. The average molecular weight is 268 g/mol. The fourth-order valence-electron chi connectivity index (χ4n) is 2.82. The number of aliphatic hydroxyl groups excluding tert-OH is 1. The highest BCUT2D eigenvalue weighted by Gasteiger charge is 2.12. The molecule has 20 heavy (non-hydrogen) atoms. The number of fused-ring (bicyclic) bond motifs is 1. The lowest BCUT2D eigenvalue weighted by atomic mass is 9.92. The molecule has 0 heterocycles. The van der Waals surface area contributed by atoms with E-state index in [1.807, 2.05) is 30.3 Å². The molecule has 2 heteroatoms. The van der Waals surface area contributed by atoms with Crippen LogP contribution in [0.5, 0.6) is 11.5 Å². The zero-order chi connectivity index (χ0) is 13.9. The first-order chi connectivity index (χ1) is 9.74. The van der Waals surface area contributed by atoms with Crippen LogP contribution in [0.3, 0.4) is 0 Å². The van der Waals surface area contributed by atoms with Crippen LogP contribution in [0.4, 0.5) is 0 Å². The Labute approximate surface area is 120 Å². The maximum Gasteiger partial charge on any atom is 0.133 e. The van der Waals surface area contributed by atoms with Crippen molar-refractivity contribution in [3.05, 3.63) is 59.2 Å². The van der Waals surface area contributed by atoms with Crippen molar-refractivity contribution in [3.63, 3.8) is 0 Å². The smallest absolute Gasteiger partial charge is 0.133 e. The lowest BCUT2D eigenvalue weighted by Gasteiger charge is -2.18. The molecule has 1 atom stereocenters. The van der Waals surface area contributed by atoms with Crippen LogP contribution in [-0.2, 0) is 12.8 Å². The molecule has 0 amide bonds. The van der Waals surface area contributed by atoms with Crippen molar-refractivity contribution in [3.8, 4) is 11.5 Å². The normalized spacial score (nSPS) is 15.5. The molecule has 1 N–H and O–H groups in total. The van der Waals surface area contributed by atoms with Crippen molar-refractivity contribution < 1.29 is 9.84 Å². The molecule has 104 valence electrons. The van der Waals surface area contributed by atoms with Gasteiger partial charge in [0.2, 0.25) is 0 Å². The molecule has 0 saturated heterocycles. The van der Waals surface area contributed by atoms with Crippen LogP contribution in [0, 0.1) is 0 Å². The van der Waals surface area contributed by atoms with E-state index in [2.05, 4.69) is 12.1 Å². The molecule has 2 aromatic rings. The summed E-state index contributed by atoms with van der Waals surface area (Å²) < 4.78 is 5.98. The third-order valence-electron chi connectivity index (χ3n) is 3.92. The van der Waals surface area contributed by atoms with E-state index in [0.717, 1.165) is 23.5 Å². The number of aliphatic hydroxyl groups is 1. The summed E-state index contributed by atoms with van der Waals surface area (Å²) in [5.41, 5.74) is 3.68. The Hall–Kier alpha value is -1.80. The van der Waals surface area contributed by atoms with E-state index >= 15 is 0 Å². The van der Waals surface area contributed by atoms with Gasteiger partial charge in [0.1, 0.15) is 11.5 Å². The van der Waals surface area contributed by atoms with Gasteiger partial charge >= 0.3 is 0 Å². The highest BCUT2D eigenvalue weighted by molar-refractivity contribution is 5.42. The SMILES string of the molecule is CC(O)c1ccccc1Oc1ccc2c(c1)CCCC2. The Morgan fingerprint density at radius 3 is 2.55 bits per heavy atom. The van der Waals surface area contributed by atoms with Crippen molar-refractivity contribution >= 4 is 0 Å². The summed E-state index contributed by atoms with van der Waals surface area (Å²) in [7, 11) is 0. The van der Waals surface area contributed by atoms with Gasteiger partial charge < -0.3 is 9.84 Å². The molecule has 0 saturated carbocycles. The van der Waals surface area contributed by atoms with E-state index in [-0.39, 0.29) is 0 Å². The van der Waals surface area contributed by atoms with Crippen LogP contribution >= 0.6 is 0 Å². The number of rotatable bonds is 3. The molecule has 0 bridgehead atoms. The second-order valence-electron chi connectivity index (χ2n) is 5.45. The van der Waals surface area contributed by atoms with E-state index in [1.165, 1.54) is 30.4 Å². The van der Waals surface area contributed by atoms with Crippen LogP contribution < -0.4 is 4.74 Å². The zero-order valence-corrected chi connectivity index (χ0v) is 11.8. The maximum atomic E-state index is 9.79. The van der Waals surface area contributed by atoms with Crippen molar-refractivity contribution in [1.82, 2.24) is 0 Å². The van der Waals surface area contributed by atoms with E-state index in [1.54, 1.807) is 6.92 Å². The molecule has 1 unspecified atom stereocenters. The lowest BCUT2D eigenvalue weighted by molar-refractivity contribution is 0.195. The van der Waals surface area contributed by atoms with Crippen molar-refractivity contribution in [2.75, 3.05) is 0 Å². The van der Waals surface area contributed by atoms with Gasteiger partial charge in [-0.25, -0.2) is 0 Å². The number of benzene rings is 2. The Morgan fingerprint density at radius 1 is 1.00 bits per heavy atom. The minimum atomic E-state index is -0.524. The van der Waals surface area contributed by atoms with Gasteiger partial charge in [0, 0.05) is 5.56 Å². The minimum Gasteiger partial charge on any atom is -0.457 e. The molecule has 1 aliphatic carbocycles. The minimum absolute atomic E-state index is 0.524. The van der Waals surface area contributed by atoms with E-state index < -0.39 is 6.10 Å². The molecule has 2 nitrogen and oxygen atoms in total. The Kier molecular flexibility index (Phi) is 3.75. The van der Waals surface area contributed by atoms with Gasteiger partial charge in [-0.3, -0.25) is 0 Å². The summed E-state index contributed by atoms with van der Waals surface area (Å²) in [6.45, 7) is 1.76. The third kappa shape index (κ3) is 2.70. The number of ether oxygens (including phenoxy) is 1. The van der Waals surface area contributed by atoms with Crippen molar-refractivity contribution in [2.24, 2.45) is 0 Å². The molecule has 3 rings (SSSR count). The van der Waals surface area contributed by atoms with Gasteiger partial charge in [0.15, 0.2) is 0 Å². The Balaban J connectivity index is 1.88. The summed E-state index contributed by atoms with van der Waals surface area (Å²) in [6, 6.07) is 14.0. The van der Waals surface area contributed by atoms with E-state index in [9.17, 15) is 5.11 Å². The van der Waals surface area contributed by atoms with Crippen LogP contribution in [0.15, 0.2) is 42.5 Å². The van der Waals surface area contributed by atoms with Gasteiger partial charge in [-0.2, -0.15) is 0 Å². The Morgan fingerprint density at radius 2 is 1.75 bits per heavy atom. The summed E-state index contributed by atoms with van der Waals surface area (Å²) in [5, 5.41) is 9.79. The largest absolute Gasteiger partial charge is 0.457 e. The molecule has 0 spiro atoms. The second-order valence-corrected chi connectivity index (χ2v) is 5.45. The van der Waals surface area contributed by atoms with Crippen LogP contribution in [-0.4, -0.2) is 5.11 Å². The predicted octanol–water partition coefficient (Wildman–Crippen LogP) is 4.41. The van der Waals surface area contributed by atoms with E-state index in [0.29, 0.717) is 0 Å². The number of aryl methyl sites for hydroxylation is 2. The molecule has 0 aromatic heterocycles. The van der Waals surface area contributed by atoms with Crippen molar-refractivity contribution in [1.29, 1.82) is 0 Å². The molecular weight excluding hydrogens is 248 g/mol. The Bertz CT molecular complexity index is 602. The first-order valence-corrected chi connectivity index (χ1v) is 7.30. The first kappa shape index (κ1) is 13.2. The molecule has 1 aliphatic rings. The summed E-state index contributed by atoms with van der Waals surface area (Å²) in [5.74, 6) is 1.59. The number of para-hydroxylation sites is 1. The average Bonchev–Trinajstić information content (AvgIpc) is 2.47. The lowest BCUT2D eigenvalue weighted by Crippen LogP contribution is -2.02. The molecule has 0 aliphatic heterocycles. The fraction of sp³-hybridized carbons (Fsp3) is 0.333. The van der Waals surface area contributed by atoms with Gasteiger partial charge in [-0.05, 0) is 61.9 Å². The van der Waals surface area contributed by atoms with E-state index in [4.69, 9.17) is 4.74 Å². The summed E-state index contributed by atoms with van der Waals surface area (Å²) in [6.07, 6.45) is 4.35. The van der Waals surface area contributed by atoms with Crippen molar-refractivity contribution in [2.45, 2.75) is 38.7 Å². The predicted molar refractivity (Wildman–Crippen MR) is 80.2 cm³/mol. The third-order valence-corrected chi connectivity index (χ3v) is 3.92. The second kappa shape index (κ2) is 5.68. The fourth-order valence-corrected chi connectivity index (χ4v) is 2.82. The zero-order valence-electron chi connectivity index (χ0n) is 11.8. The standard InChI is InChI=1S/C18H20O2/c1-13(19)17-8-4-5-9-18(17)20-16-11-10-14-6-2-3-7-15(14)12-16/h4-5,8-13,19H,2-3,6-7H2,1H3. The van der Waals surface area contributed by atoms with Crippen LogP contribution in [0.25, 0.3) is 0 Å². The highest BCUT2D eigenvalue weighted by atomic mass is 16.5. The summed E-state index contributed by atoms with van der Waals surface area (Å²) in [4.78, 5) is 0. The van der Waals surface area contributed by atoms with Gasteiger partial charge in [0.05, 0.1) is 6.10 Å². The quantitative estimate of drug-likeness (QED) is 0.893. The summed E-state index contributed by atoms with van der Waals surface area (Å²) >= 11 is 0. The maximum absolute atomic E-state index is 9.79. The molecule has 2 aromatic carbocycles. The topological polar surface area (TPSA) is 29.5 Å². The van der Waals surface area contributed by atoms with Gasteiger partial charge in [0.25, 0.3) is 0 Å².